The van der Waals surface area contributed by atoms with E-state index >= 15 is 0 Å². The molecular formula is C21H16ClFN2O3S. The Morgan fingerprint density at radius 3 is 2.24 bits per heavy atom. The topological polar surface area (TPSA) is 75.3 Å². The SMILES string of the molecule is O=C(/C=C/c1ccc(S(=O)(=O)Nc2ccccc2Cl)cc1)Nc1ccc(F)cc1. The molecule has 3 aromatic carbocycles. The molecule has 0 aromatic heterocycles. The molecule has 0 saturated carbocycles. The third-order valence-electron chi connectivity index (χ3n) is 3.85. The largest absolute Gasteiger partial charge is 0.323 e. The number of hydrogen-bond donors (Lipinski definition) is 2. The predicted molar refractivity (Wildman–Crippen MR) is 113 cm³/mol. The fraction of sp³-hybridized carbons (Fsp3) is 0. The predicted octanol–water partition coefficient (Wildman–Crippen LogP) is 4.93. The molecule has 0 unspecified atom stereocenters. The van der Waals surface area contributed by atoms with Crippen LogP contribution in [0, 0.1) is 5.82 Å². The molecule has 1 amide bonds. The molecule has 0 atom stereocenters. The highest BCUT2D eigenvalue weighted by molar-refractivity contribution is 7.92. The van der Waals surface area contributed by atoms with Crippen molar-refractivity contribution in [2.45, 2.75) is 4.90 Å². The van der Waals surface area contributed by atoms with Crippen molar-refractivity contribution in [3.63, 3.8) is 0 Å². The molecule has 0 radical (unpaired) electrons. The van der Waals surface area contributed by atoms with Crippen molar-refractivity contribution in [2.24, 2.45) is 0 Å². The van der Waals surface area contributed by atoms with E-state index in [1.165, 1.54) is 48.6 Å². The van der Waals surface area contributed by atoms with Crippen LogP contribution in [0.5, 0.6) is 0 Å². The van der Waals surface area contributed by atoms with Crippen LogP contribution in [0.1, 0.15) is 5.56 Å². The molecule has 0 aliphatic heterocycles. The van der Waals surface area contributed by atoms with Crippen LogP contribution in [-0.4, -0.2) is 14.3 Å². The van der Waals surface area contributed by atoms with Crippen molar-refractivity contribution < 1.29 is 17.6 Å². The first kappa shape index (κ1) is 20.6. The minimum Gasteiger partial charge on any atom is -0.323 e. The Hall–Kier alpha value is -3.16. The summed E-state index contributed by atoms with van der Waals surface area (Å²) in [5.74, 6) is -0.786. The molecule has 0 aliphatic rings. The minimum atomic E-state index is -3.80. The summed E-state index contributed by atoms with van der Waals surface area (Å²) in [7, 11) is -3.80. The number of nitrogens with one attached hydrogen (secondary N) is 2. The lowest BCUT2D eigenvalue weighted by Crippen LogP contribution is -2.13. The lowest BCUT2D eigenvalue weighted by Gasteiger charge is -2.09. The third-order valence-corrected chi connectivity index (χ3v) is 5.56. The van der Waals surface area contributed by atoms with E-state index in [1.54, 1.807) is 36.4 Å². The van der Waals surface area contributed by atoms with E-state index in [1.807, 2.05) is 0 Å². The molecule has 0 spiro atoms. The molecule has 0 heterocycles. The number of anilines is 2. The van der Waals surface area contributed by atoms with Gasteiger partial charge in [0.1, 0.15) is 5.82 Å². The molecule has 8 heteroatoms. The van der Waals surface area contributed by atoms with Gasteiger partial charge in [0, 0.05) is 11.8 Å². The van der Waals surface area contributed by atoms with Crippen LogP contribution in [-0.2, 0) is 14.8 Å². The maximum atomic E-state index is 12.9. The molecule has 0 fully saturated rings. The van der Waals surface area contributed by atoms with Gasteiger partial charge in [-0.3, -0.25) is 9.52 Å². The Bertz CT molecular complexity index is 1150. The third kappa shape index (κ3) is 5.66. The molecule has 148 valence electrons. The number of sulfonamides is 1. The standard InChI is InChI=1S/C21H16ClFN2O3S/c22-19-3-1-2-4-20(19)25-29(27,28)18-12-5-15(6-13-18)7-14-21(26)24-17-10-8-16(23)9-11-17/h1-14,25H,(H,24,26)/b14-7+. The van der Waals surface area contributed by atoms with E-state index in [4.69, 9.17) is 11.6 Å². The van der Waals surface area contributed by atoms with Crippen LogP contribution in [0.15, 0.2) is 83.8 Å². The highest BCUT2D eigenvalue weighted by Gasteiger charge is 2.15. The van der Waals surface area contributed by atoms with Crippen LogP contribution in [0.25, 0.3) is 6.08 Å². The first-order valence-corrected chi connectivity index (χ1v) is 10.3. The summed E-state index contributed by atoms with van der Waals surface area (Å²) >= 11 is 5.99. The Labute approximate surface area is 172 Å². The van der Waals surface area contributed by atoms with Gasteiger partial charge in [-0.15, -0.1) is 0 Å². The maximum absolute atomic E-state index is 12.9. The second-order valence-corrected chi connectivity index (χ2v) is 8.07. The molecule has 2 N–H and O–H groups in total. The zero-order valence-corrected chi connectivity index (χ0v) is 16.5. The van der Waals surface area contributed by atoms with Gasteiger partial charge in [0.05, 0.1) is 15.6 Å². The van der Waals surface area contributed by atoms with Gasteiger partial charge >= 0.3 is 0 Å². The Balaban J connectivity index is 1.66. The van der Waals surface area contributed by atoms with Gasteiger partial charge in [-0.1, -0.05) is 35.9 Å². The average Bonchev–Trinajstić information content (AvgIpc) is 2.70. The van der Waals surface area contributed by atoms with Gasteiger partial charge in [-0.2, -0.15) is 0 Å². The molecule has 0 aliphatic carbocycles. The number of carbonyl (C=O) groups excluding carboxylic acids is 1. The fourth-order valence-electron chi connectivity index (χ4n) is 2.39. The second kappa shape index (κ2) is 8.89. The number of hydrogen-bond acceptors (Lipinski definition) is 3. The number of rotatable bonds is 6. The molecule has 3 aromatic rings. The van der Waals surface area contributed by atoms with E-state index in [-0.39, 0.29) is 10.6 Å². The van der Waals surface area contributed by atoms with Crippen molar-refractivity contribution in [2.75, 3.05) is 10.0 Å². The van der Waals surface area contributed by atoms with Crippen LogP contribution < -0.4 is 10.0 Å². The highest BCUT2D eigenvalue weighted by atomic mass is 35.5. The van der Waals surface area contributed by atoms with Gasteiger partial charge in [-0.25, -0.2) is 12.8 Å². The highest BCUT2D eigenvalue weighted by Crippen LogP contribution is 2.24. The Morgan fingerprint density at radius 1 is 0.931 bits per heavy atom. The molecule has 3 rings (SSSR count). The summed E-state index contributed by atoms with van der Waals surface area (Å²) in [5, 5.41) is 2.89. The summed E-state index contributed by atoms with van der Waals surface area (Å²) in [6.45, 7) is 0. The van der Waals surface area contributed by atoms with Gasteiger partial charge in [0.2, 0.25) is 5.91 Å². The van der Waals surface area contributed by atoms with Crippen LogP contribution in [0.4, 0.5) is 15.8 Å². The van der Waals surface area contributed by atoms with E-state index in [9.17, 15) is 17.6 Å². The number of amides is 1. The Kier molecular flexibility index (Phi) is 6.31. The molecule has 0 bridgehead atoms. The summed E-state index contributed by atoms with van der Waals surface area (Å²) < 4.78 is 40.3. The van der Waals surface area contributed by atoms with Crippen LogP contribution >= 0.6 is 11.6 Å². The zero-order valence-electron chi connectivity index (χ0n) is 15.0. The normalized spacial score (nSPS) is 11.4. The average molecular weight is 431 g/mol. The zero-order chi connectivity index (χ0) is 20.9. The maximum Gasteiger partial charge on any atom is 0.261 e. The smallest absolute Gasteiger partial charge is 0.261 e. The van der Waals surface area contributed by atoms with Crippen molar-refractivity contribution >= 4 is 45.0 Å². The van der Waals surface area contributed by atoms with Crippen LogP contribution in [0.3, 0.4) is 0 Å². The van der Waals surface area contributed by atoms with E-state index < -0.39 is 21.7 Å². The van der Waals surface area contributed by atoms with E-state index in [2.05, 4.69) is 10.0 Å². The summed E-state index contributed by atoms with van der Waals surface area (Å²) in [5.41, 5.74) is 1.39. The first-order valence-electron chi connectivity index (χ1n) is 8.45. The van der Waals surface area contributed by atoms with Gasteiger partial charge in [-0.05, 0) is 60.2 Å². The van der Waals surface area contributed by atoms with Gasteiger partial charge in [0.25, 0.3) is 10.0 Å². The van der Waals surface area contributed by atoms with E-state index in [0.29, 0.717) is 16.3 Å². The quantitative estimate of drug-likeness (QED) is 0.544. The van der Waals surface area contributed by atoms with Crippen molar-refractivity contribution in [1.82, 2.24) is 0 Å². The number of halogens is 2. The van der Waals surface area contributed by atoms with E-state index in [0.717, 1.165) is 0 Å². The summed E-state index contributed by atoms with van der Waals surface area (Å²) in [6.07, 6.45) is 2.84. The van der Waals surface area contributed by atoms with Gasteiger partial charge in [0.15, 0.2) is 0 Å². The number of para-hydroxylation sites is 1. The fourth-order valence-corrected chi connectivity index (χ4v) is 3.71. The minimum absolute atomic E-state index is 0.0605. The lowest BCUT2D eigenvalue weighted by atomic mass is 10.2. The monoisotopic (exact) mass is 430 g/mol. The van der Waals surface area contributed by atoms with Gasteiger partial charge < -0.3 is 5.32 Å². The second-order valence-electron chi connectivity index (χ2n) is 5.98. The van der Waals surface area contributed by atoms with Crippen molar-refractivity contribution in [3.8, 4) is 0 Å². The number of benzene rings is 3. The van der Waals surface area contributed by atoms with Crippen molar-refractivity contribution in [1.29, 1.82) is 0 Å². The molecule has 29 heavy (non-hydrogen) atoms. The molecule has 5 nitrogen and oxygen atoms in total. The van der Waals surface area contributed by atoms with Crippen molar-refractivity contribution in [3.05, 3.63) is 95.3 Å². The lowest BCUT2D eigenvalue weighted by molar-refractivity contribution is -0.111. The summed E-state index contributed by atoms with van der Waals surface area (Å²) in [6, 6.07) is 17.9. The first-order chi connectivity index (χ1) is 13.8. The summed E-state index contributed by atoms with van der Waals surface area (Å²) in [4.78, 5) is 12.0. The Morgan fingerprint density at radius 2 is 1.59 bits per heavy atom. The molecule has 0 saturated heterocycles. The molecular weight excluding hydrogens is 415 g/mol. The van der Waals surface area contributed by atoms with Crippen LogP contribution in [0.2, 0.25) is 5.02 Å². The number of carbonyl (C=O) groups is 1.